The first-order chi connectivity index (χ1) is 7.56. The number of phenolic OH excluding ortho intramolecular Hbond substituents is 1. The molecule has 1 aromatic carbocycles. The van der Waals surface area contributed by atoms with Gasteiger partial charge < -0.3 is 15.4 Å². The molecule has 0 saturated carbocycles. The normalized spacial score (nSPS) is 11.6. The summed E-state index contributed by atoms with van der Waals surface area (Å²) in [6.45, 7) is 6.89. The summed E-state index contributed by atoms with van der Waals surface area (Å²) in [5.41, 5.74) is 9.25. The minimum atomic E-state index is 0.295. The van der Waals surface area contributed by atoms with Crippen molar-refractivity contribution < 1.29 is 5.11 Å². The van der Waals surface area contributed by atoms with Crippen LogP contribution >= 0.6 is 0 Å². The summed E-state index contributed by atoms with van der Waals surface area (Å²) in [7, 11) is 0. The Morgan fingerprint density at radius 1 is 1.38 bits per heavy atom. The highest BCUT2D eigenvalue weighted by Gasteiger charge is 2.14. The largest absolute Gasteiger partial charge is 0.508 e. The highest BCUT2D eigenvalue weighted by Crippen LogP contribution is 2.31. The molecular weight excluding hydrogens is 200 g/mol. The Balaban J connectivity index is 2.86. The molecule has 3 N–H and O–H groups in total. The molecule has 0 unspecified atom stereocenters. The van der Waals surface area contributed by atoms with Gasteiger partial charge >= 0.3 is 0 Å². The van der Waals surface area contributed by atoms with Gasteiger partial charge in [-0.05, 0) is 44.5 Å². The number of rotatable bonds is 2. The summed E-state index contributed by atoms with van der Waals surface area (Å²) < 4.78 is 2.26. The van der Waals surface area contributed by atoms with Gasteiger partial charge in [0.15, 0.2) is 0 Å². The van der Waals surface area contributed by atoms with Crippen LogP contribution in [0.3, 0.4) is 0 Å². The molecule has 2 rings (SSSR count). The van der Waals surface area contributed by atoms with Crippen LogP contribution in [0.15, 0.2) is 18.2 Å². The molecule has 0 atom stereocenters. The number of benzene rings is 1. The van der Waals surface area contributed by atoms with Gasteiger partial charge in [0.25, 0.3) is 0 Å². The van der Waals surface area contributed by atoms with Crippen LogP contribution in [0.5, 0.6) is 5.75 Å². The Morgan fingerprint density at radius 2 is 2.06 bits per heavy atom. The van der Waals surface area contributed by atoms with Gasteiger partial charge in [0, 0.05) is 29.2 Å². The maximum atomic E-state index is 9.54. The first-order valence-electron chi connectivity index (χ1n) is 5.58. The quantitative estimate of drug-likeness (QED) is 0.814. The molecule has 1 aromatic heterocycles. The van der Waals surface area contributed by atoms with Crippen LogP contribution in [0.25, 0.3) is 10.9 Å². The minimum absolute atomic E-state index is 0.295. The van der Waals surface area contributed by atoms with Gasteiger partial charge in [0.2, 0.25) is 0 Å². The van der Waals surface area contributed by atoms with E-state index in [1.165, 1.54) is 5.69 Å². The van der Waals surface area contributed by atoms with Crippen molar-refractivity contribution in [3.05, 3.63) is 29.5 Å². The first-order valence-corrected chi connectivity index (χ1v) is 5.58. The van der Waals surface area contributed by atoms with Gasteiger partial charge in [-0.2, -0.15) is 0 Å². The first kappa shape index (κ1) is 11.0. The number of nitrogens with zero attached hydrogens (tertiary/aromatic N) is 1. The SMILES string of the molecule is Cc1c(CN)c2cc(O)ccc2n1C(C)C. The third-order valence-electron chi connectivity index (χ3n) is 3.08. The molecule has 0 aliphatic heterocycles. The number of aromatic nitrogens is 1. The lowest BCUT2D eigenvalue weighted by Gasteiger charge is -2.12. The molecule has 86 valence electrons. The molecule has 0 aliphatic carbocycles. The van der Waals surface area contributed by atoms with Crippen molar-refractivity contribution in [3.63, 3.8) is 0 Å². The minimum Gasteiger partial charge on any atom is -0.508 e. The number of phenols is 1. The number of nitrogens with two attached hydrogens (primary N) is 1. The van der Waals surface area contributed by atoms with Crippen LogP contribution in [0.4, 0.5) is 0 Å². The summed E-state index contributed by atoms with van der Waals surface area (Å²) >= 11 is 0. The number of hydrogen-bond acceptors (Lipinski definition) is 2. The maximum Gasteiger partial charge on any atom is 0.116 e. The zero-order valence-electron chi connectivity index (χ0n) is 9.99. The van der Waals surface area contributed by atoms with Crippen LogP contribution in [0, 0.1) is 6.92 Å². The highest BCUT2D eigenvalue weighted by molar-refractivity contribution is 5.87. The van der Waals surface area contributed by atoms with Crippen molar-refractivity contribution in [2.45, 2.75) is 33.4 Å². The van der Waals surface area contributed by atoms with Gasteiger partial charge in [0.1, 0.15) is 5.75 Å². The standard InChI is InChI=1S/C13H18N2O/c1-8(2)15-9(3)12(7-14)11-6-10(16)4-5-13(11)15/h4-6,8,16H,7,14H2,1-3H3. The number of hydrogen-bond donors (Lipinski definition) is 2. The molecule has 16 heavy (non-hydrogen) atoms. The van der Waals surface area contributed by atoms with Crippen molar-refractivity contribution in [3.8, 4) is 5.75 Å². The lowest BCUT2D eigenvalue weighted by atomic mass is 10.1. The monoisotopic (exact) mass is 218 g/mol. The van der Waals surface area contributed by atoms with E-state index < -0.39 is 0 Å². The zero-order chi connectivity index (χ0) is 11.9. The Bertz CT molecular complexity index is 526. The summed E-state index contributed by atoms with van der Waals surface area (Å²) in [4.78, 5) is 0. The van der Waals surface area contributed by atoms with Gasteiger partial charge in [0.05, 0.1) is 0 Å². The van der Waals surface area contributed by atoms with Crippen molar-refractivity contribution in [1.29, 1.82) is 0 Å². The Labute approximate surface area is 95.5 Å². The molecule has 0 fully saturated rings. The number of fused-ring (bicyclic) bond motifs is 1. The molecule has 0 aliphatic rings. The summed E-state index contributed by atoms with van der Waals surface area (Å²) in [5.74, 6) is 0.295. The second-order valence-corrected chi connectivity index (χ2v) is 4.43. The molecule has 1 heterocycles. The predicted octanol–water partition coefficient (Wildman–Crippen LogP) is 2.69. The Kier molecular flexibility index (Phi) is 2.64. The zero-order valence-corrected chi connectivity index (χ0v) is 9.99. The number of aromatic hydroxyl groups is 1. The molecule has 0 bridgehead atoms. The maximum absolute atomic E-state index is 9.54. The molecule has 0 radical (unpaired) electrons. The lowest BCUT2D eigenvalue weighted by Crippen LogP contribution is -2.04. The van der Waals surface area contributed by atoms with E-state index in [1.807, 2.05) is 6.07 Å². The van der Waals surface area contributed by atoms with Crippen molar-refractivity contribution >= 4 is 10.9 Å². The highest BCUT2D eigenvalue weighted by atomic mass is 16.3. The van der Waals surface area contributed by atoms with Crippen LogP contribution in [-0.4, -0.2) is 9.67 Å². The van der Waals surface area contributed by atoms with E-state index in [1.54, 1.807) is 12.1 Å². The van der Waals surface area contributed by atoms with Gasteiger partial charge in [-0.25, -0.2) is 0 Å². The molecule has 3 nitrogen and oxygen atoms in total. The Morgan fingerprint density at radius 3 is 2.62 bits per heavy atom. The van der Waals surface area contributed by atoms with E-state index in [0.717, 1.165) is 16.5 Å². The molecular formula is C13H18N2O. The molecule has 0 amide bonds. The fraction of sp³-hybridized carbons (Fsp3) is 0.385. The second kappa shape index (κ2) is 3.83. The smallest absolute Gasteiger partial charge is 0.116 e. The molecule has 2 aromatic rings. The summed E-state index contributed by atoms with van der Waals surface area (Å²) in [6, 6.07) is 5.87. The van der Waals surface area contributed by atoms with Gasteiger partial charge in [-0.1, -0.05) is 0 Å². The average Bonchev–Trinajstić information content (AvgIpc) is 2.49. The second-order valence-electron chi connectivity index (χ2n) is 4.43. The van der Waals surface area contributed by atoms with Gasteiger partial charge in [-0.15, -0.1) is 0 Å². The third kappa shape index (κ3) is 1.48. The fourth-order valence-electron chi connectivity index (χ4n) is 2.42. The van der Waals surface area contributed by atoms with E-state index in [4.69, 9.17) is 5.73 Å². The lowest BCUT2D eigenvalue weighted by molar-refractivity contribution is 0.476. The molecule has 0 spiro atoms. The summed E-state index contributed by atoms with van der Waals surface area (Å²) in [5, 5.41) is 10.6. The van der Waals surface area contributed by atoms with Crippen LogP contribution in [0.1, 0.15) is 31.1 Å². The van der Waals surface area contributed by atoms with Crippen LogP contribution < -0.4 is 5.73 Å². The van der Waals surface area contributed by atoms with E-state index in [-0.39, 0.29) is 0 Å². The van der Waals surface area contributed by atoms with E-state index in [9.17, 15) is 5.11 Å². The summed E-state index contributed by atoms with van der Waals surface area (Å²) in [6.07, 6.45) is 0. The fourth-order valence-corrected chi connectivity index (χ4v) is 2.42. The van der Waals surface area contributed by atoms with E-state index in [2.05, 4.69) is 25.3 Å². The van der Waals surface area contributed by atoms with Gasteiger partial charge in [-0.3, -0.25) is 0 Å². The Hall–Kier alpha value is -1.48. The van der Waals surface area contributed by atoms with Crippen LogP contribution in [-0.2, 0) is 6.54 Å². The van der Waals surface area contributed by atoms with E-state index >= 15 is 0 Å². The van der Waals surface area contributed by atoms with Crippen LogP contribution in [0.2, 0.25) is 0 Å². The average molecular weight is 218 g/mol. The molecule has 3 heteroatoms. The van der Waals surface area contributed by atoms with Crippen molar-refractivity contribution in [2.75, 3.05) is 0 Å². The predicted molar refractivity (Wildman–Crippen MR) is 66.6 cm³/mol. The van der Waals surface area contributed by atoms with E-state index in [0.29, 0.717) is 18.3 Å². The van der Waals surface area contributed by atoms with Crippen molar-refractivity contribution in [1.82, 2.24) is 4.57 Å². The van der Waals surface area contributed by atoms with Crippen molar-refractivity contribution in [2.24, 2.45) is 5.73 Å². The molecule has 0 saturated heterocycles. The topological polar surface area (TPSA) is 51.2 Å². The third-order valence-corrected chi connectivity index (χ3v) is 3.08.